The van der Waals surface area contributed by atoms with Crippen molar-refractivity contribution >= 4 is 15.9 Å². The van der Waals surface area contributed by atoms with Crippen LogP contribution in [0.2, 0.25) is 0 Å². The number of nitrogens with two attached hydrogens (primary N) is 1. The van der Waals surface area contributed by atoms with Gasteiger partial charge in [-0.05, 0) is 31.5 Å². The lowest BCUT2D eigenvalue weighted by Crippen LogP contribution is -2.26. The number of hydrogen-bond acceptors (Lipinski definition) is 4. The molecule has 23 heavy (non-hydrogen) atoms. The largest absolute Gasteiger partial charge is 0.352 e. The third kappa shape index (κ3) is 4.36. The minimum absolute atomic E-state index is 0.307. The van der Waals surface area contributed by atoms with Crippen molar-refractivity contribution in [3.63, 3.8) is 0 Å². The topological polar surface area (TPSA) is 107 Å². The molecule has 0 fully saturated rings. The number of benzene rings is 1. The van der Waals surface area contributed by atoms with Crippen LogP contribution in [0.25, 0.3) is 0 Å². The van der Waals surface area contributed by atoms with Gasteiger partial charge in [-0.2, -0.15) is 0 Å². The van der Waals surface area contributed by atoms with Crippen LogP contribution in [0.1, 0.15) is 22.6 Å². The number of nitrogens with zero attached hydrogens (tertiary/aromatic N) is 2. The fourth-order valence-corrected chi connectivity index (χ4v) is 2.58. The maximum absolute atomic E-state index is 13.7. The molecule has 3 N–H and O–H groups in total. The van der Waals surface area contributed by atoms with E-state index in [0.717, 1.165) is 24.0 Å². The van der Waals surface area contributed by atoms with Crippen molar-refractivity contribution < 1.29 is 17.6 Å². The molecular formula is C14H17FN4O3S. The lowest BCUT2D eigenvalue weighted by atomic mass is 10.2. The number of amides is 1. The molecule has 0 radical (unpaired) electrons. The van der Waals surface area contributed by atoms with Crippen LogP contribution in [0.15, 0.2) is 35.5 Å². The van der Waals surface area contributed by atoms with Crippen molar-refractivity contribution in [2.24, 2.45) is 5.14 Å². The summed E-state index contributed by atoms with van der Waals surface area (Å²) in [6.07, 6.45) is 4.13. The summed E-state index contributed by atoms with van der Waals surface area (Å²) in [5.41, 5.74) is -0.352. The standard InChI is InChI=1S/C14H17FN4O3S/c1-10-17-6-8-19(10)7-2-5-18-14(20)12-9-11(23(16,21)22)3-4-13(12)15/h3-4,6,8-9H,2,5,7H2,1H3,(H,18,20)(H2,16,21,22). The Morgan fingerprint density at radius 3 is 2.78 bits per heavy atom. The number of halogens is 1. The van der Waals surface area contributed by atoms with Crippen LogP contribution in [0.5, 0.6) is 0 Å². The van der Waals surface area contributed by atoms with Gasteiger partial charge in [-0.15, -0.1) is 0 Å². The maximum Gasteiger partial charge on any atom is 0.254 e. The number of aromatic nitrogens is 2. The lowest BCUT2D eigenvalue weighted by molar-refractivity contribution is 0.0948. The summed E-state index contributed by atoms with van der Waals surface area (Å²) in [5, 5.41) is 7.53. The average Bonchev–Trinajstić information content (AvgIpc) is 2.88. The molecule has 0 saturated carbocycles. The summed E-state index contributed by atoms with van der Waals surface area (Å²) in [7, 11) is -3.99. The van der Waals surface area contributed by atoms with Gasteiger partial charge in [0.15, 0.2) is 0 Å². The molecule has 9 heteroatoms. The van der Waals surface area contributed by atoms with Crippen LogP contribution in [0.4, 0.5) is 4.39 Å². The van der Waals surface area contributed by atoms with Crippen molar-refractivity contribution in [2.75, 3.05) is 6.54 Å². The van der Waals surface area contributed by atoms with E-state index in [2.05, 4.69) is 10.3 Å². The van der Waals surface area contributed by atoms with Gasteiger partial charge in [0.1, 0.15) is 11.6 Å². The molecule has 2 aromatic rings. The summed E-state index contributed by atoms with van der Waals surface area (Å²) >= 11 is 0. The van der Waals surface area contributed by atoms with Gasteiger partial charge < -0.3 is 9.88 Å². The minimum atomic E-state index is -3.99. The first kappa shape index (κ1) is 17.1. The first-order valence-corrected chi connectivity index (χ1v) is 8.42. The molecule has 1 aromatic heterocycles. The monoisotopic (exact) mass is 340 g/mol. The molecular weight excluding hydrogens is 323 g/mol. The lowest BCUT2D eigenvalue weighted by Gasteiger charge is -2.08. The number of imidazole rings is 1. The van der Waals surface area contributed by atoms with Crippen molar-refractivity contribution in [3.8, 4) is 0 Å². The number of sulfonamides is 1. The molecule has 0 aliphatic heterocycles. The average molecular weight is 340 g/mol. The SMILES string of the molecule is Cc1nccn1CCCNC(=O)c1cc(S(N)(=O)=O)ccc1F. The molecule has 2 rings (SSSR count). The number of hydrogen-bond donors (Lipinski definition) is 2. The van der Waals surface area contributed by atoms with E-state index >= 15 is 0 Å². The van der Waals surface area contributed by atoms with Crippen LogP contribution in [0, 0.1) is 12.7 Å². The van der Waals surface area contributed by atoms with Gasteiger partial charge in [-0.25, -0.2) is 22.9 Å². The highest BCUT2D eigenvalue weighted by atomic mass is 32.2. The number of primary sulfonamides is 1. The normalized spacial score (nSPS) is 11.4. The Morgan fingerprint density at radius 2 is 2.17 bits per heavy atom. The molecule has 0 atom stereocenters. The number of rotatable bonds is 6. The Kier molecular flexibility index (Phi) is 5.12. The van der Waals surface area contributed by atoms with E-state index in [0.29, 0.717) is 19.5 Å². The predicted molar refractivity (Wildman–Crippen MR) is 81.7 cm³/mol. The van der Waals surface area contributed by atoms with Crippen molar-refractivity contribution in [1.29, 1.82) is 0 Å². The fraction of sp³-hybridized carbons (Fsp3) is 0.286. The predicted octanol–water partition coefficient (Wildman–Crippen LogP) is 0.798. The molecule has 1 aromatic carbocycles. The van der Waals surface area contributed by atoms with Crippen LogP contribution < -0.4 is 10.5 Å². The molecule has 0 aliphatic rings. The van der Waals surface area contributed by atoms with Gasteiger partial charge in [0.25, 0.3) is 5.91 Å². The van der Waals surface area contributed by atoms with Crippen LogP contribution in [-0.2, 0) is 16.6 Å². The second-order valence-electron chi connectivity index (χ2n) is 4.96. The van der Waals surface area contributed by atoms with E-state index in [-0.39, 0.29) is 10.5 Å². The highest BCUT2D eigenvalue weighted by Crippen LogP contribution is 2.14. The first-order chi connectivity index (χ1) is 10.8. The quantitative estimate of drug-likeness (QED) is 0.758. The Bertz CT molecular complexity index is 817. The van der Waals surface area contributed by atoms with Crippen molar-refractivity contribution in [3.05, 3.63) is 47.8 Å². The van der Waals surface area contributed by atoms with Gasteiger partial charge in [0.05, 0.1) is 10.5 Å². The van der Waals surface area contributed by atoms with Gasteiger partial charge in [-0.1, -0.05) is 0 Å². The summed E-state index contributed by atoms with van der Waals surface area (Å²) in [5.74, 6) is -0.626. The van der Waals surface area contributed by atoms with Gasteiger partial charge >= 0.3 is 0 Å². The Hall–Kier alpha value is -2.26. The molecule has 0 saturated heterocycles. The van der Waals surface area contributed by atoms with E-state index in [9.17, 15) is 17.6 Å². The van der Waals surface area contributed by atoms with Crippen LogP contribution in [-0.4, -0.2) is 30.4 Å². The smallest absolute Gasteiger partial charge is 0.254 e. The number of carbonyl (C=O) groups excluding carboxylic acids is 1. The first-order valence-electron chi connectivity index (χ1n) is 6.87. The zero-order chi connectivity index (χ0) is 17.0. The van der Waals surface area contributed by atoms with Gasteiger partial charge in [0, 0.05) is 25.5 Å². The maximum atomic E-state index is 13.7. The molecule has 1 heterocycles. The summed E-state index contributed by atoms with van der Waals surface area (Å²) < 4.78 is 38.1. The van der Waals surface area contributed by atoms with E-state index in [4.69, 9.17) is 5.14 Å². The molecule has 124 valence electrons. The van der Waals surface area contributed by atoms with Crippen molar-refractivity contribution in [2.45, 2.75) is 24.8 Å². The molecule has 7 nitrogen and oxygen atoms in total. The van der Waals surface area contributed by atoms with Crippen LogP contribution >= 0.6 is 0 Å². The Balaban J connectivity index is 1.97. The minimum Gasteiger partial charge on any atom is -0.352 e. The van der Waals surface area contributed by atoms with E-state index < -0.39 is 21.7 Å². The zero-order valence-corrected chi connectivity index (χ0v) is 13.3. The highest BCUT2D eigenvalue weighted by molar-refractivity contribution is 7.89. The molecule has 0 aliphatic carbocycles. The number of carbonyl (C=O) groups is 1. The fourth-order valence-electron chi connectivity index (χ4n) is 2.04. The van der Waals surface area contributed by atoms with Gasteiger partial charge in [0.2, 0.25) is 10.0 Å². The van der Waals surface area contributed by atoms with E-state index in [1.54, 1.807) is 6.20 Å². The third-order valence-corrected chi connectivity index (χ3v) is 4.21. The third-order valence-electron chi connectivity index (χ3n) is 3.30. The summed E-state index contributed by atoms with van der Waals surface area (Å²) in [4.78, 5) is 15.7. The van der Waals surface area contributed by atoms with E-state index in [1.165, 1.54) is 0 Å². The zero-order valence-electron chi connectivity index (χ0n) is 12.5. The second kappa shape index (κ2) is 6.88. The Labute approximate surface area is 133 Å². The van der Waals surface area contributed by atoms with Crippen molar-refractivity contribution in [1.82, 2.24) is 14.9 Å². The molecule has 0 spiro atoms. The Morgan fingerprint density at radius 1 is 1.43 bits per heavy atom. The molecule has 0 bridgehead atoms. The molecule has 0 unspecified atom stereocenters. The number of nitrogens with one attached hydrogen (secondary N) is 1. The van der Waals surface area contributed by atoms with E-state index in [1.807, 2.05) is 17.7 Å². The van der Waals surface area contributed by atoms with Gasteiger partial charge in [-0.3, -0.25) is 4.79 Å². The van der Waals surface area contributed by atoms with Crippen LogP contribution in [0.3, 0.4) is 0 Å². The second-order valence-corrected chi connectivity index (χ2v) is 6.53. The summed E-state index contributed by atoms with van der Waals surface area (Å²) in [6.45, 7) is 2.84. The molecule has 1 amide bonds. The highest BCUT2D eigenvalue weighted by Gasteiger charge is 2.16. The number of aryl methyl sites for hydroxylation is 2. The summed E-state index contributed by atoms with van der Waals surface area (Å²) in [6, 6.07) is 2.85.